The van der Waals surface area contributed by atoms with Gasteiger partial charge in [-0.3, -0.25) is 0 Å². The van der Waals surface area contributed by atoms with E-state index in [9.17, 15) is 15.0 Å². The minimum Gasteiger partial charge on any atom is -1.00 e. The van der Waals surface area contributed by atoms with Crippen LogP contribution in [0.3, 0.4) is 0 Å². The molecule has 0 aliphatic rings. The SMILES string of the molecule is CCCCCCCCCCCCCCCc1cccc(O)c1C(=O)O.[H-].[Na+]. The number of carbonyl (C=O) groups is 1. The predicted octanol–water partition coefficient (Wildman–Crippen LogP) is 3.84. The molecule has 0 bridgehead atoms. The van der Waals surface area contributed by atoms with E-state index in [1.807, 2.05) is 6.07 Å². The minimum absolute atomic E-state index is 0. The van der Waals surface area contributed by atoms with Crippen molar-refractivity contribution in [3.63, 3.8) is 0 Å². The first kappa shape index (κ1) is 25.5. The second-order valence-corrected chi connectivity index (χ2v) is 7.11. The van der Waals surface area contributed by atoms with Gasteiger partial charge in [-0.15, -0.1) is 0 Å². The quantitative estimate of drug-likeness (QED) is 0.363. The van der Waals surface area contributed by atoms with Crippen LogP contribution in [0, 0.1) is 0 Å². The molecule has 0 fully saturated rings. The van der Waals surface area contributed by atoms with E-state index < -0.39 is 5.97 Å². The molecule has 4 heteroatoms. The monoisotopic (exact) mass is 372 g/mol. The van der Waals surface area contributed by atoms with Gasteiger partial charge >= 0.3 is 35.5 Å². The molecule has 2 N–H and O–H groups in total. The fourth-order valence-electron chi connectivity index (χ4n) is 3.38. The Labute approximate surface area is 183 Å². The molecule has 0 amide bonds. The zero-order valence-electron chi connectivity index (χ0n) is 17.9. The molecule has 0 saturated heterocycles. The van der Waals surface area contributed by atoms with Crippen molar-refractivity contribution in [2.45, 2.75) is 96.8 Å². The van der Waals surface area contributed by atoms with Gasteiger partial charge in [-0.25, -0.2) is 4.79 Å². The third kappa shape index (κ3) is 11.3. The normalized spacial score (nSPS) is 10.5. The molecule has 0 radical (unpaired) electrons. The van der Waals surface area contributed by atoms with Crippen LogP contribution in [-0.2, 0) is 6.42 Å². The van der Waals surface area contributed by atoms with Crippen LogP contribution in [0.1, 0.15) is 108 Å². The van der Waals surface area contributed by atoms with Gasteiger partial charge in [0.2, 0.25) is 0 Å². The number of aromatic hydroxyl groups is 1. The Balaban J connectivity index is 0. The van der Waals surface area contributed by atoms with Gasteiger partial charge in [0.15, 0.2) is 0 Å². The number of hydrogen-bond donors (Lipinski definition) is 2. The van der Waals surface area contributed by atoms with Crippen molar-refractivity contribution in [1.82, 2.24) is 0 Å². The van der Waals surface area contributed by atoms with E-state index in [1.54, 1.807) is 6.07 Å². The molecule has 0 saturated carbocycles. The van der Waals surface area contributed by atoms with Crippen LogP contribution >= 0.6 is 0 Å². The molecule has 0 aromatic heterocycles. The maximum atomic E-state index is 11.2. The van der Waals surface area contributed by atoms with Gasteiger partial charge in [-0.1, -0.05) is 96.1 Å². The summed E-state index contributed by atoms with van der Waals surface area (Å²) in [6, 6.07) is 4.97. The van der Waals surface area contributed by atoms with Crippen LogP contribution in [-0.4, -0.2) is 16.2 Å². The van der Waals surface area contributed by atoms with E-state index in [0.29, 0.717) is 0 Å². The van der Waals surface area contributed by atoms with E-state index >= 15 is 0 Å². The summed E-state index contributed by atoms with van der Waals surface area (Å²) in [4.78, 5) is 11.2. The van der Waals surface area contributed by atoms with Gasteiger partial charge in [0.1, 0.15) is 11.3 Å². The Hall–Kier alpha value is -0.510. The topological polar surface area (TPSA) is 57.5 Å². The second kappa shape index (κ2) is 16.6. The molecule has 0 heterocycles. The van der Waals surface area contributed by atoms with Crippen molar-refractivity contribution in [2.75, 3.05) is 0 Å². The van der Waals surface area contributed by atoms with Gasteiger partial charge in [-0.05, 0) is 24.5 Å². The van der Waals surface area contributed by atoms with Crippen LogP contribution in [0.25, 0.3) is 0 Å². The summed E-state index contributed by atoms with van der Waals surface area (Å²) < 4.78 is 0. The van der Waals surface area contributed by atoms with Crippen molar-refractivity contribution in [1.29, 1.82) is 0 Å². The standard InChI is InChI=1S/C22H36O3.Na.H/c1-2-3-4-5-6-7-8-9-10-11-12-13-14-16-19-17-15-18-20(23)21(19)22(24)25;;/h15,17-18,23H,2-14,16H2,1H3,(H,24,25);;/q;+1;-1. The Kier molecular flexibility index (Phi) is 16.3. The van der Waals surface area contributed by atoms with E-state index in [1.165, 1.54) is 76.7 Å². The van der Waals surface area contributed by atoms with Crippen LogP contribution in [0.5, 0.6) is 5.75 Å². The summed E-state index contributed by atoms with van der Waals surface area (Å²) in [5.74, 6) is -1.16. The summed E-state index contributed by atoms with van der Waals surface area (Å²) in [7, 11) is 0. The number of phenols is 1. The Morgan fingerprint density at radius 2 is 1.31 bits per heavy atom. The van der Waals surface area contributed by atoms with Gasteiger partial charge in [0.25, 0.3) is 0 Å². The van der Waals surface area contributed by atoms with E-state index in [2.05, 4.69) is 6.92 Å². The molecule has 0 aliphatic carbocycles. The number of unbranched alkanes of at least 4 members (excludes halogenated alkanes) is 12. The van der Waals surface area contributed by atoms with Crippen LogP contribution < -0.4 is 29.6 Å². The Morgan fingerprint density at radius 3 is 1.77 bits per heavy atom. The Bertz CT molecular complexity index is 494. The summed E-state index contributed by atoms with van der Waals surface area (Å²) in [5.41, 5.74) is 0.817. The number of carboxylic acid groups (broad SMARTS) is 1. The first-order chi connectivity index (χ1) is 12.2. The van der Waals surface area contributed by atoms with Crippen LogP contribution in [0.15, 0.2) is 18.2 Å². The second-order valence-electron chi connectivity index (χ2n) is 7.11. The largest absolute Gasteiger partial charge is 1.00 e. The average Bonchev–Trinajstić information content (AvgIpc) is 2.58. The zero-order chi connectivity index (χ0) is 18.3. The number of aryl methyl sites for hydroxylation is 1. The van der Waals surface area contributed by atoms with Crippen molar-refractivity contribution < 1.29 is 46.0 Å². The number of hydrogen-bond acceptors (Lipinski definition) is 2. The fourth-order valence-corrected chi connectivity index (χ4v) is 3.38. The smallest absolute Gasteiger partial charge is 1.00 e. The maximum Gasteiger partial charge on any atom is 1.00 e. The van der Waals surface area contributed by atoms with Crippen molar-refractivity contribution in [3.8, 4) is 5.75 Å². The van der Waals surface area contributed by atoms with Gasteiger partial charge < -0.3 is 11.6 Å². The molecule has 1 rings (SSSR count). The van der Waals surface area contributed by atoms with Crippen LogP contribution in [0.4, 0.5) is 0 Å². The van der Waals surface area contributed by atoms with E-state index in [0.717, 1.165) is 24.8 Å². The number of carboxylic acids is 1. The third-order valence-electron chi connectivity index (χ3n) is 4.89. The first-order valence-electron chi connectivity index (χ1n) is 10.2. The predicted molar refractivity (Wildman–Crippen MR) is 106 cm³/mol. The van der Waals surface area contributed by atoms with Gasteiger partial charge in [0, 0.05) is 0 Å². The first-order valence-corrected chi connectivity index (χ1v) is 10.2. The molecule has 0 aliphatic heterocycles. The van der Waals surface area contributed by atoms with Crippen LogP contribution in [0.2, 0.25) is 0 Å². The summed E-state index contributed by atoms with van der Waals surface area (Å²) >= 11 is 0. The molecular formula is C22H37NaO3. The zero-order valence-corrected chi connectivity index (χ0v) is 18.9. The number of rotatable bonds is 15. The number of benzene rings is 1. The average molecular weight is 373 g/mol. The van der Waals surface area contributed by atoms with Gasteiger partial charge in [0.05, 0.1) is 0 Å². The Morgan fingerprint density at radius 1 is 0.846 bits per heavy atom. The molecule has 0 unspecified atom stereocenters. The molecular weight excluding hydrogens is 335 g/mol. The van der Waals surface area contributed by atoms with E-state index in [-0.39, 0.29) is 42.3 Å². The molecule has 1 aromatic carbocycles. The molecule has 0 spiro atoms. The third-order valence-corrected chi connectivity index (χ3v) is 4.89. The summed E-state index contributed by atoms with van der Waals surface area (Å²) in [6.45, 7) is 2.26. The molecule has 26 heavy (non-hydrogen) atoms. The molecule has 3 nitrogen and oxygen atoms in total. The molecule has 1 aromatic rings. The van der Waals surface area contributed by atoms with Gasteiger partial charge in [-0.2, -0.15) is 0 Å². The molecule has 0 atom stereocenters. The summed E-state index contributed by atoms with van der Waals surface area (Å²) in [6.07, 6.45) is 17.7. The molecule has 144 valence electrons. The van der Waals surface area contributed by atoms with Crippen molar-refractivity contribution in [2.24, 2.45) is 0 Å². The van der Waals surface area contributed by atoms with Crippen molar-refractivity contribution >= 4 is 5.97 Å². The van der Waals surface area contributed by atoms with Crippen molar-refractivity contribution in [3.05, 3.63) is 29.3 Å². The fraction of sp³-hybridized carbons (Fsp3) is 0.682. The number of aromatic carboxylic acids is 1. The maximum absolute atomic E-state index is 11.2. The van der Waals surface area contributed by atoms with E-state index in [4.69, 9.17) is 0 Å². The summed E-state index contributed by atoms with van der Waals surface area (Å²) in [5, 5.41) is 18.9. The minimum atomic E-state index is -1.04.